The third-order valence-electron chi connectivity index (χ3n) is 8.54. The Morgan fingerprint density at radius 3 is 2.29 bits per heavy atom. The molecule has 8 heteroatoms. The second-order valence-electron chi connectivity index (χ2n) is 11.9. The van der Waals surface area contributed by atoms with E-state index in [1.54, 1.807) is 0 Å². The molecule has 3 N–H and O–H groups in total. The van der Waals surface area contributed by atoms with E-state index >= 15 is 0 Å². The molecule has 0 aromatic heterocycles. The predicted molar refractivity (Wildman–Crippen MR) is 127 cm³/mol. The number of hydrogen-bond donors (Lipinski definition) is 3. The van der Waals surface area contributed by atoms with E-state index in [4.69, 9.17) is 4.74 Å². The van der Waals surface area contributed by atoms with Gasteiger partial charge in [-0.15, -0.1) is 0 Å². The highest BCUT2D eigenvalue weighted by Crippen LogP contribution is 2.61. The van der Waals surface area contributed by atoms with Crippen LogP contribution in [0, 0.1) is 35.0 Å². The van der Waals surface area contributed by atoms with Crippen LogP contribution >= 0.6 is 0 Å². The maximum Gasteiger partial charge on any atom is 0.407 e. The van der Waals surface area contributed by atoms with Crippen LogP contribution < -0.4 is 16.0 Å². The molecule has 0 aromatic rings. The van der Waals surface area contributed by atoms with E-state index in [1.807, 2.05) is 13.8 Å². The Labute approximate surface area is 202 Å². The van der Waals surface area contributed by atoms with Gasteiger partial charge in [0.25, 0.3) is 0 Å². The molecule has 5 fully saturated rings. The second kappa shape index (κ2) is 10.6. The summed E-state index contributed by atoms with van der Waals surface area (Å²) in [6.45, 7) is 4.91. The van der Waals surface area contributed by atoms with Gasteiger partial charge in [0.2, 0.25) is 11.8 Å². The van der Waals surface area contributed by atoms with Gasteiger partial charge < -0.3 is 25.5 Å². The SMILES string of the molecule is CC(C)C[C@H](NC(=O)OCCC12CC3CC(CC(C3)C1)C2)C(=O)N[C@H](C=O)C[C@@H]1CCNC1=O. The molecule has 34 heavy (non-hydrogen) atoms. The van der Waals surface area contributed by atoms with Crippen LogP contribution in [0.3, 0.4) is 0 Å². The molecule has 8 nitrogen and oxygen atoms in total. The first-order chi connectivity index (χ1) is 16.2. The second-order valence-corrected chi connectivity index (χ2v) is 11.9. The maximum atomic E-state index is 12.9. The van der Waals surface area contributed by atoms with Gasteiger partial charge in [0, 0.05) is 12.5 Å². The fraction of sp³-hybridized carbons (Fsp3) is 0.846. The maximum absolute atomic E-state index is 12.9. The quantitative estimate of drug-likeness (QED) is 0.398. The minimum atomic E-state index is -0.785. The summed E-state index contributed by atoms with van der Waals surface area (Å²) >= 11 is 0. The number of hydrogen-bond acceptors (Lipinski definition) is 5. The van der Waals surface area contributed by atoms with Crippen LogP contribution in [-0.4, -0.2) is 49.4 Å². The van der Waals surface area contributed by atoms with Crippen molar-refractivity contribution in [3.63, 3.8) is 0 Å². The summed E-state index contributed by atoms with van der Waals surface area (Å²) < 4.78 is 5.54. The van der Waals surface area contributed by atoms with Crippen LogP contribution in [0.4, 0.5) is 4.79 Å². The van der Waals surface area contributed by atoms with Gasteiger partial charge >= 0.3 is 6.09 Å². The average molecular weight is 476 g/mol. The van der Waals surface area contributed by atoms with Gasteiger partial charge in [0.15, 0.2) is 0 Å². The Kier molecular flexibility index (Phi) is 7.83. The first-order valence-electron chi connectivity index (χ1n) is 13.2. The molecule has 1 aliphatic heterocycles. The van der Waals surface area contributed by atoms with E-state index in [0.717, 1.165) is 24.2 Å². The third kappa shape index (κ3) is 6.11. The molecule has 0 radical (unpaired) electrons. The van der Waals surface area contributed by atoms with Crippen LogP contribution in [0.25, 0.3) is 0 Å². The Bertz CT molecular complexity index is 747. The highest BCUT2D eigenvalue weighted by molar-refractivity contribution is 5.88. The van der Waals surface area contributed by atoms with Crippen LogP contribution in [0.2, 0.25) is 0 Å². The predicted octanol–water partition coefficient (Wildman–Crippen LogP) is 2.94. The summed E-state index contributed by atoms with van der Waals surface area (Å²) in [5.41, 5.74) is 0.341. The lowest BCUT2D eigenvalue weighted by Gasteiger charge is -2.57. The molecule has 0 unspecified atom stereocenters. The van der Waals surface area contributed by atoms with Crippen molar-refractivity contribution in [3.8, 4) is 0 Å². The lowest BCUT2D eigenvalue weighted by Crippen LogP contribution is -2.51. The molecule has 190 valence electrons. The number of carbonyl (C=O) groups excluding carboxylic acids is 4. The zero-order valence-corrected chi connectivity index (χ0v) is 20.6. The minimum Gasteiger partial charge on any atom is -0.450 e. The highest BCUT2D eigenvalue weighted by atomic mass is 16.5. The Balaban J connectivity index is 1.25. The van der Waals surface area contributed by atoms with E-state index in [-0.39, 0.29) is 24.2 Å². The lowest BCUT2D eigenvalue weighted by molar-refractivity contribution is -0.127. The van der Waals surface area contributed by atoms with E-state index in [9.17, 15) is 19.2 Å². The molecule has 4 saturated carbocycles. The van der Waals surface area contributed by atoms with Gasteiger partial charge in [-0.3, -0.25) is 9.59 Å². The minimum absolute atomic E-state index is 0.0828. The highest BCUT2D eigenvalue weighted by Gasteiger charge is 2.50. The van der Waals surface area contributed by atoms with E-state index in [0.29, 0.717) is 37.7 Å². The van der Waals surface area contributed by atoms with Crippen molar-refractivity contribution in [3.05, 3.63) is 0 Å². The number of nitrogens with one attached hydrogen (secondary N) is 3. The Morgan fingerprint density at radius 2 is 1.76 bits per heavy atom. The molecular weight excluding hydrogens is 434 g/mol. The third-order valence-corrected chi connectivity index (χ3v) is 8.54. The number of ether oxygens (including phenoxy) is 1. The number of rotatable bonds is 11. The van der Waals surface area contributed by atoms with Crippen molar-refractivity contribution < 1.29 is 23.9 Å². The summed E-state index contributed by atoms with van der Waals surface area (Å²) in [7, 11) is 0. The van der Waals surface area contributed by atoms with Crippen molar-refractivity contribution in [2.24, 2.45) is 35.0 Å². The molecule has 3 atom stereocenters. The van der Waals surface area contributed by atoms with Gasteiger partial charge in [-0.05, 0) is 93.3 Å². The number of amides is 3. The molecule has 4 bridgehead atoms. The standard InChI is InChI=1S/C26H41N3O5/c1-16(2)7-22(24(32)28-21(15-30)11-20-3-5-27-23(20)31)29-25(33)34-6-4-26-12-17-8-18(13-26)10-19(9-17)14-26/h15-22H,3-14H2,1-2H3,(H,27,31)(H,28,32)(H,29,33)/t17?,18?,19?,20-,21-,22-,26?/m0/s1. The average Bonchev–Trinajstić information content (AvgIpc) is 3.15. The molecule has 5 aliphatic rings. The van der Waals surface area contributed by atoms with Gasteiger partial charge in [-0.25, -0.2) is 4.79 Å². The molecule has 3 amide bonds. The molecule has 1 saturated heterocycles. The van der Waals surface area contributed by atoms with Gasteiger partial charge in [0.05, 0.1) is 12.6 Å². The monoisotopic (exact) mass is 475 g/mol. The van der Waals surface area contributed by atoms with Crippen LogP contribution in [-0.2, 0) is 19.1 Å². The molecule has 1 heterocycles. The molecule has 0 aromatic carbocycles. The first kappa shape index (κ1) is 25.0. The fourth-order valence-electron chi connectivity index (χ4n) is 7.45. The van der Waals surface area contributed by atoms with Crippen molar-refractivity contribution in [2.75, 3.05) is 13.2 Å². The van der Waals surface area contributed by atoms with Crippen molar-refractivity contribution >= 4 is 24.2 Å². The zero-order chi connectivity index (χ0) is 24.3. The summed E-state index contributed by atoms with van der Waals surface area (Å²) in [6.07, 6.45) is 10.3. The topological polar surface area (TPSA) is 114 Å². The fourth-order valence-corrected chi connectivity index (χ4v) is 7.45. The molecular formula is C26H41N3O5. The van der Waals surface area contributed by atoms with Gasteiger partial charge in [-0.1, -0.05) is 13.8 Å². The van der Waals surface area contributed by atoms with E-state index < -0.39 is 24.1 Å². The molecule has 0 spiro atoms. The van der Waals surface area contributed by atoms with Crippen molar-refractivity contribution in [1.82, 2.24) is 16.0 Å². The summed E-state index contributed by atoms with van der Waals surface area (Å²) in [5.74, 6) is 1.98. The van der Waals surface area contributed by atoms with Crippen molar-refractivity contribution in [1.29, 1.82) is 0 Å². The zero-order valence-electron chi connectivity index (χ0n) is 20.6. The summed E-state index contributed by atoms with van der Waals surface area (Å²) in [4.78, 5) is 48.8. The van der Waals surface area contributed by atoms with Crippen LogP contribution in [0.15, 0.2) is 0 Å². The Morgan fingerprint density at radius 1 is 1.12 bits per heavy atom. The van der Waals surface area contributed by atoms with Crippen molar-refractivity contribution in [2.45, 2.75) is 90.1 Å². The molecule has 4 aliphatic carbocycles. The van der Waals surface area contributed by atoms with Gasteiger partial charge in [0.1, 0.15) is 12.3 Å². The Hall–Kier alpha value is -2.12. The lowest BCUT2D eigenvalue weighted by atomic mass is 9.49. The number of carbonyl (C=O) groups is 4. The number of aldehydes is 1. The smallest absolute Gasteiger partial charge is 0.407 e. The van der Waals surface area contributed by atoms with E-state index in [1.165, 1.54) is 38.5 Å². The van der Waals surface area contributed by atoms with Crippen LogP contribution in [0.1, 0.15) is 78.1 Å². The van der Waals surface area contributed by atoms with Crippen LogP contribution in [0.5, 0.6) is 0 Å². The van der Waals surface area contributed by atoms with Gasteiger partial charge in [-0.2, -0.15) is 0 Å². The normalized spacial score (nSPS) is 33.3. The number of alkyl carbamates (subject to hydrolysis) is 1. The summed E-state index contributed by atoms with van der Waals surface area (Å²) in [5, 5.41) is 8.18. The first-order valence-corrected chi connectivity index (χ1v) is 13.2. The molecule has 5 rings (SSSR count). The largest absolute Gasteiger partial charge is 0.450 e. The summed E-state index contributed by atoms with van der Waals surface area (Å²) in [6, 6.07) is -1.54. The van der Waals surface area contributed by atoms with E-state index in [2.05, 4.69) is 16.0 Å².